The minimum Gasteiger partial charge on any atom is -0.248 e. The second kappa shape index (κ2) is 9.52. The minimum absolute atomic E-state index is 1.02. The molecule has 0 saturated carbocycles. The molecular weight excluding hydrogens is 350 g/mol. The van der Waals surface area contributed by atoms with Gasteiger partial charge in [0.1, 0.15) is 0 Å². The van der Waals surface area contributed by atoms with Gasteiger partial charge in [-0.05, 0) is 47.7 Å². The van der Waals surface area contributed by atoms with Crippen LogP contribution in [0.4, 0.5) is 0 Å². The van der Waals surface area contributed by atoms with Gasteiger partial charge in [-0.3, -0.25) is 0 Å². The molecule has 146 valence electrons. The van der Waals surface area contributed by atoms with Crippen LogP contribution in [-0.4, -0.2) is 4.98 Å². The molecule has 0 fully saturated rings. The van der Waals surface area contributed by atoms with E-state index >= 15 is 0 Å². The van der Waals surface area contributed by atoms with Gasteiger partial charge >= 0.3 is 0 Å². The Balaban J connectivity index is 1.49. The van der Waals surface area contributed by atoms with E-state index in [4.69, 9.17) is 4.98 Å². The molecule has 0 N–H and O–H groups in total. The maximum Gasteiger partial charge on any atom is 0.0709 e. The van der Waals surface area contributed by atoms with Gasteiger partial charge in [0.25, 0.3) is 0 Å². The Morgan fingerprint density at radius 1 is 0.621 bits per heavy atom. The lowest BCUT2D eigenvalue weighted by Crippen LogP contribution is -1.88. The molecule has 1 heterocycles. The summed E-state index contributed by atoms with van der Waals surface area (Å²) in [5, 5.41) is 1.18. The molecule has 3 aromatic carbocycles. The van der Waals surface area contributed by atoms with Crippen LogP contribution in [0.3, 0.4) is 0 Å². The van der Waals surface area contributed by atoms with E-state index in [1.807, 2.05) is 6.07 Å². The molecule has 0 saturated heterocycles. The molecule has 0 unspecified atom stereocenters. The third-order valence-electron chi connectivity index (χ3n) is 5.61. The van der Waals surface area contributed by atoms with E-state index in [-0.39, 0.29) is 0 Å². The van der Waals surface area contributed by atoms with E-state index < -0.39 is 0 Å². The summed E-state index contributed by atoms with van der Waals surface area (Å²) in [4.78, 5) is 4.85. The van der Waals surface area contributed by atoms with Crippen molar-refractivity contribution in [2.45, 2.75) is 45.4 Å². The van der Waals surface area contributed by atoms with Gasteiger partial charge in [-0.1, -0.05) is 99.3 Å². The lowest BCUT2D eigenvalue weighted by atomic mass is 9.98. The van der Waals surface area contributed by atoms with Gasteiger partial charge < -0.3 is 0 Å². The quantitative estimate of drug-likeness (QED) is 0.282. The number of hydrogen-bond acceptors (Lipinski definition) is 1. The van der Waals surface area contributed by atoms with Crippen LogP contribution in [0.2, 0.25) is 0 Å². The van der Waals surface area contributed by atoms with Crippen LogP contribution >= 0.6 is 0 Å². The standard InChI is InChI=1S/C28H29N/c1-2-3-4-5-6-10-22-15-17-23(18-16-22)25-12-9-13-26(21-25)28-20-19-24-11-7-8-14-27(24)29-28/h7-9,11-21H,2-6,10H2,1H3. The Hall–Kier alpha value is -2.93. The van der Waals surface area contributed by atoms with E-state index in [2.05, 4.69) is 85.8 Å². The second-order valence-corrected chi connectivity index (χ2v) is 7.83. The van der Waals surface area contributed by atoms with Crippen LogP contribution in [0, 0.1) is 0 Å². The molecule has 0 atom stereocenters. The number of rotatable bonds is 8. The summed E-state index contributed by atoms with van der Waals surface area (Å²) in [7, 11) is 0. The van der Waals surface area contributed by atoms with Crippen LogP contribution in [0.25, 0.3) is 33.3 Å². The molecule has 0 spiro atoms. The molecule has 0 aliphatic heterocycles. The molecular formula is C28H29N. The van der Waals surface area contributed by atoms with E-state index in [0.29, 0.717) is 0 Å². The predicted octanol–water partition coefficient (Wildman–Crippen LogP) is 8.08. The van der Waals surface area contributed by atoms with Crippen LogP contribution in [0.15, 0.2) is 84.9 Å². The van der Waals surface area contributed by atoms with Crippen molar-refractivity contribution < 1.29 is 0 Å². The van der Waals surface area contributed by atoms with Crippen molar-refractivity contribution in [1.82, 2.24) is 4.98 Å². The summed E-state index contributed by atoms with van der Waals surface area (Å²) < 4.78 is 0. The molecule has 29 heavy (non-hydrogen) atoms. The van der Waals surface area contributed by atoms with Crippen molar-refractivity contribution in [3.8, 4) is 22.4 Å². The number of fused-ring (bicyclic) bond motifs is 1. The Bertz CT molecular complexity index is 1060. The SMILES string of the molecule is CCCCCCCc1ccc(-c2cccc(-c3ccc4ccccc4n3)c2)cc1. The monoisotopic (exact) mass is 379 g/mol. The van der Waals surface area contributed by atoms with Gasteiger partial charge in [-0.2, -0.15) is 0 Å². The third-order valence-corrected chi connectivity index (χ3v) is 5.61. The normalized spacial score (nSPS) is 11.1. The van der Waals surface area contributed by atoms with Gasteiger partial charge in [0.2, 0.25) is 0 Å². The van der Waals surface area contributed by atoms with E-state index in [0.717, 1.165) is 16.8 Å². The molecule has 0 aliphatic rings. The molecule has 0 amide bonds. The number of para-hydroxylation sites is 1. The van der Waals surface area contributed by atoms with Crippen molar-refractivity contribution in [2.24, 2.45) is 0 Å². The van der Waals surface area contributed by atoms with Crippen LogP contribution in [0.5, 0.6) is 0 Å². The first-order valence-corrected chi connectivity index (χ1v) is 10.9. The zero-order valence-electron chi connectivity index (χ0n) is 17.3. The maximum atomic E-state index is 4.85. The number of unbranched alkanes of at least 4 members (excludes halogenated alkanes) is 4. The Morgan fingerprint density at radius 2 is 1.41 bits per heavy atom. The number of benzene rings is 3. The molecule has 1 aromatic heterocycles. The second-order valence-electron chi connectivity index (χ2n) is 7.83. The smallest absolute Gasteiger partial charge is 0.0709 e. The fourth-order valence-corrected chi connectivity index (χ4v) is 3.88. The van der Waals surface area contributed by atoms with Crippen molar-refractivity contribution >= 4 is 10.9 Å². The Morgan fingerprint density at radius 3 is 2.28 bits per heavy atom. The molecule has 0 bridgehead atoms. The zero-order valence-corrected chi connectivity index (χ0v) is 17.3. The summed E-state index contributed by atoms with van der Waals surface area (Å²) in [6.07, 6.45) is 7.86. The number of nitrogens with zero attached hydrogens (tertiary/aromatic N) is 1. The summed E-state index contributed by atoms with van der Waals surface area (Å²) in [6, 6.07) is 30.3. The number of aromatic nitrogens is 1. The first kappa shape index (κ1) is 19.4. The molecule has 1 nitrogen and oxygen atoms in total. The van der Waals surface area contributed by atoms with E-state index in [1.165, 1.54) is 60.6 Å². The highest BCUT2D eigenvalue weighted by Gasteiger charge is 2.05. The molecule has 4 rings (SSSR count). The predicted molar refractivity (Wildman–Crippen MR) is 125 cm³/mol. The highest BCUT2D eigenvalue weighted by Crippen LogP contribution is 2.27. The van der Waals surface area contributed by atoms with Gasteiger partial charge in [0.05, 0.1) is 11.2 Å². The first-order valence-electron chi connectivity index (χ1n) is 10.9. The van der Waals surface area contributed by atoms with Gasteiger partial charge in [-0.25, -0.2) is 4.98 Å². The minimum atomic E-state index is 1.02. The molecule has 0 aliphatic carbocycles. The maximum absolute atomic E-state index is 4.85. The topological polar surface area (TPSA) is 12.9 Å². The number of hydrogen-bond donors (Lipinski definition) is 0. The van der Waals surface area contributed by atoms with Gasteiger partial charge in [0.15, 0.2) is 0 Å². The Kier molecular flexibility index (Phi) is 6.36. The van der Waals surface area contributed by atoms with Crippen molar-refractivity contribution in [3.63, 3.8) is 0 Å². The summed E-state index contributed by atoms with van der Waals surface area (Å²) in [5.41, 5.74) is 7.17. The number of pyridine rings is 1. The average Bonchev–Trinajstić information content (AvgIpc) is 2.79. The van der Waals surface area contributed by atoms with Crippen LogP contribution in [0.1, 0.15) is 44.6 Å². The Labute approximate surface area is 174 Å². The molecule has 1 heteroatoms. The largest absolute Gasteiger partial charge is 0.248 e. The van der Waals surface area contributed by atoms with Crippen molar-refractivity contribution in [1.29, 1.82) is 0 Å². The van der Waals surface area contributed by atoms with E-state index in [9.17, 15) is 0 Å². The highest BCUT2D eigenvalue weighted by molar-refractivity contribution is 5.82. The lowest BCUT2D eigenvalue weighted by molar-refractivity contribution is 0.632. The summed E-state index contributed by atoms with van der Waals surface area (Å²) >= 11 is 0. The highest BCUT2D eigenvalue weighted by atomic mass is 14.7. The molecule has 4 aromatic rings. The van der Waals surface area contributed by atoms with Crippen LogP contribution in [-0.2, 0) is 6.42 Å². The van der Waals surface area contributed by atoms with Crippen molar-refractivity contribution in [3.05, 3.63) is 90.5 Å². The first-order chi connectivity index (χ1) is 14.3. The zero-order chi connectivity index (χ0) is 19.9. The fraction of sp³-hybridized carbons (Fsp3) is 0.250. The summed E-state index contributed by atoms with van der Waals surface area (Å²) in [6.45, 7) is 2.27. The average molecular weight is 380 g/mol. The fourth-order valence-electron chi connectivity index (χ4n) is 3.88. The third kappa shape index (κ3) is 4.92. The van der Waals surface area contributed by atoms with Crippen molar-refractivity contribution in [2.75, 3.05) is 0 Å². The number of aryl methyl sites for hydroxylation is 1. The van der Waals surface area contributed by atoms with Gasteiger partial charge in [0, 0.05) is 10.9 Å². The lowest BCUT2D eigenvalue weighted by Gasteiger charge is -2.08. The van der Waals surface area contributed by atoms with E-state index in [1.54, 1.807) is 0 Å². The summed E-state index contributed by atoms with van der Waals surface area (Å²) in [5.74, 6) is 0. The molecule has 0 radical (unpaired) electrons. The van der Waals surface area contributed by atoms with Crippen LogP contribution < -0.4 is 0 Å². The van der Waals surface area contributed by atoms with Gasteiger partial charge in [-0.15, -0.1) is 0 Å².